The van der Waals surface area contributed by atoms with Crippen molar-refractivity contribution in [3.05, 3.63) is 93.1 Å². The molecule has 0 fully saturated rings. The zero-order chi connectivity index (χ0) is 20.5. The van der Waals surface area contributed by atoms with Crippen LogP contribution in [0.1, 0.15) is 5.56 Å². The van der Waals surface area contributed by atoms with Gasteiger partial charge >= 0.3 is 5.63 Å². The molecule has 5 aromatic rings. The summed E-state index contributed by atoms with van der Waals surface area (Å²) in [5.74, 6) is 0. The molecule has 2 aromatic heterocycles. The van der Waals surface area contributed by atoms with Crippen molar-refractivity contribution < 1.29 is 4.42 Å². The summed E-state index contributed by atoms with van der Waals surface area (Å²) in [4.78, 5) is 17.0. The van der Waals surface area contributed by atoms with Gasteiger partial charge in [0.2, 0.25) is 5.13 Å². The largest absolute Gasteiger partial charge is 0.422 e. The molecule has 0 spiro atoms. The van der Waals surface area contributed by atoms with E-state index in [1.807, 2.05) is 60.0 Å². The maximum Gasteiger partial charge on any atom is 0.345 e. The molecule has 7 heteroatoms. The molecule has 1 N–H and O–H groups in total. The summed E-state index contributed by atoms with van der Waals surface area (Å²) in [6.45, 7) is 0. The molecule has 0 aliphatic heterocycles. The number of aromatic nitrogens is 1. The average molecular weight is 432 g/mol. The molecule has 0 saturated carbocycles. The van der Waals surface area contributed by atoms with E-state index in [1.54, 1.807) is 18.3 Å². The molecule has 5 rings (SSSR count). The summed E-state index contributed by atoms with van der Waals surface area (Å²) < 4.78 is 5.56. The summed E-state index contributed by atoms with van der Waals surface area (Å²) in [5.41, 5.74) is 4.92. The molecular formula is C23H14ClN3O2S. The second-order valence-corrected chi connectivity index (χ2v) is 7.90. The van der Waals surface area contributed by atoms with Crippen molar-refractivity contribution >= 4 is 56.0 Å². The summed E-state index contributed by atoms with van der Waals surface area (Å²) in [7, 11) is 0. The Kier molecular flexibility index (Phi) is 4.78. The number of hydrazone groups is 1. The van der Waals surface area contributed by atoms with Crippen LogP contribution >= 0.6 is 22.9 Å². The van der Waals surface area contributed by atoms with Gasteiger partial charge in [-0.15, -0.1) is 11.3 Å². The molecular weight excluding hydrogens is 418 g/mol. The third-order valence-electron chi connectivity index (χ3n) is 4.67. The number of fused-ring (bicyclic) bond motifs is 3. The van der Waals surface area contributed by atoms with Crippen LogP contribution < -0.4 is 11.1 Å². The minimum Gasteiger partial charge on any atom is -0.422 e. The van der Waals surface area contributed by atoms with Gasteiger partial charge in [-0.25, -0.2) is 9.78 Å². The number of nitrogens with zero attached hydrogens (tertiary/aromatic N) is 2. The first kappa shape index (κ1) is 18.5. The Balaban J connectivity index is 1.46. The van der Waals surface area contributed by atoms with Gasteiger partial charge in [0, 0.05) is 15.8 Å². The molecule has 0 aliphatic rings. The molecule has 0 saturated heterocycles. The number of benzene rings is 3. The van der Waals surface area contributed by atoms with Crippen molar-refractivity contribution in [2.45, 2.75) is 0 Å². The van der Waals surface area contributed by atoms with Crippen molar-refractivity contribution in [1.82, 2.24) is 4.98 Å². The molecule has 0 bridgehead atoms. The van der Waals surface area contributed by atoms with Crippen molar-refractivity contribution in [2.75, 3.05) is 5.43 Å². The van der Waals surface area contributed by atoms with E-state index < -0.39 is 5.63 Å². The smallest absolute Gasteiger partial charge is 0.345 e. The number of halogens is 1. The summed E-state index contributed by atoms with van der Waals surface area (Å²) >= 11 is 7.24. The molecule has 0 radical (unpaired) electrons. The van der Waals surface area contributed by atoms with Crippen molar-refractivity contribution in [2.24, 2.45) is 5.10 Å². The lowest BCUT2D eigenvalue weighted by atomic mass is 10.0. The van der Waals surface area contributed by atoms with Crippen LogP contribution in [0.4, 0.5) is 5.13 Å². The Morgan fingerprint density at radius 1 is 1.03 bits per heavy atom. The highest BCUT2D eigenvalue weighted by atomic mass is 35.5. The predicted octanol–water partition coefficient (Wildman–Crippen LogP) is 6.17. The van der Waals surface area contributed by atoms with E-state index in [1.165, 1.54) is 11.3 Å². The molecule has 5 nitrogen and oxygen atoms in total. The van der Waals surface area contributed by atoms with Gasteiger partial charge in [-0.1, -0.05) is 54.1 Å². The van der Waals surface area contributed by atoms with Crippen LogP contribution in [0.2, 0.25) is 5.02 Å². The normalized spacial score (nSPS) is 11.5. The highest BCUT2D eigenvalue weighted by Crippen LogP contribution is 2.29. The summed E-state index contributed by atoms with van der Waals surface area (Å²) in [6.07, 6.45) is 1.67. The molecule has 3 aromatic carbocycles. The van der Waals surface area contributed by atoms with Gasteiger partial charge < -0.3 is 4.42 Å². The van der Waals surface area contributed by atoms with Crippen LogP contribution in [0.5, 0.6) is 0 Å². The van der Waals surface area contributed by atoms with Crippen molar-refractivity contribution in [3.8, 4) is 11.3 Å². The Hall–Kier alpha value is -3.48. The lowest BCUT2D eigenvalue weighted by Gasteiger charge is -2.04. The van der Waals surface area contributed by atoms with Gasteiger partial charge in [-0.05, 0) is 40.6 Å². The number of hydrogen-bond donors (Lipinski definition) is 1. The summed E-state index contributed by atoms with van der Waals surface area (Å²) in [5, 5.41) is 10.2. The Bertz CT molecular complexity index is 1460. The lowest BCUT2D eigenvalue weighted by Crippen LogP contribution is -2.03. The number of anilines is 1. The van der Waals surface area contributed by atoms with Crippen LogP contribution in [0, 0.1) is 0 Å². The van der Waals surface area contributed by atoms with Gasteiger partial charge in [0.25, 0.3) is 0 Å². The molecule has 2 heterocycles. The monoisotopic (exact) mass is 431 g/mol. The Morgan fingerprint density at radius 3 is 2.73 bits per heavy atom. The van der Waals surface area contributed by atoms with Gasteiger partial charge in [0.15, 0.2) is 0 Å². The highest BCUT2D eigenvalue weighted by Gasteiger charge is 2.13. The highest BCUT2D eigenvalue weighted by molar-refractivity contribution is 7.14. The Morgan fingerprint density at radius 2 is 1.87 bits per heavy atom. The molecule has 146 valence electrons. The van der Waals surface area contributed by atoms with E-state index in [9.17, 15) is 4.79 Å². The molecule has 30 heavy (non-hydrogen) atoms. The molecule has 0 unspecified atom stereocenters. The van der Waals surface area contributed by atoms with Gasteiger partial charge in [0.1, 0.15) is 5.58 Å². The first-order chi connectivity index (χ1) is 14.7. The SMILES string of the molecule is O=c1oc2ccc3ccccc3c2cc1-c1csc(NN=Cc2ccc(Cl)cc2)n1. The zero-order valence-corrected chi connectivity index (χ0v) is 17.1. The standard InChI is InChI=1S/C23H14ClN3O2S/c24-16-8-5-14(6-9-16)12-25-27-23-26-20(13-30-23)19-11-18-17-4-2-1-3-15(17)7-10-21(18)29-22(19)28/h1-13H,(H,26,27). The van der Waals surface area contributed by atoms with Crippen LogP contribution in [-0.4, -0.2) is 11.2 Å². The van der Waals surface area contributed by atoms with Gasteiger partial charge in [-0.3, -0.25) is 5.43 Å². The first-order valence-electron chi connectivity index (χ1n) is 9.13. The number of rotatable bonds is 4. The van der Waals surface area contributed by atoms with E-state index in [2.05, 4.69) is 15.5 Å². The van der Waals surface area contributed by atoms with E-state index in [0.29, 0.717) is 27.0 Å². The number of hydrogen-bond acceptors (Lipinski definition) is 6. The van der Waals surface area contributed by atoms with Crippen molar-refractivity contribution in [1.29, 1.82) is 0 Å². The second-order valence-electron chi connectivity index (χ2n) is 6.61. The number of thiazole rings is 1. The van der Waals surface area contributed by atoms with Crippen molar-refractivity contribution in [3.63, 3.8) is 0 Å². The Labute approximate surface area is 180 Å². The fourth-order valence-electron chi connectivity index (χ4n) is 3.21. The minimum atomic E-state index is -0.417. The maximum absolute atomic E-state index is 12.5. The van der Waals surface area contributed by atoms with E-state index in [4.69, 9.17) is 16.0 Å². The van der Waals surface area contributed by atoms with Crippen LogP contribution in [0.3, 0.4) is 0 Å². The molecule has 0 amide bonds. The molecule has 0 atom stereocenters. The topological polar surface area (TPSA) is 67.5 Å². The van der Waals surface area contributed by atoms with Crippen LogP contribution in [0.25, 0.3) is 33.0 Å². The number of nitrogens with one attached hydrogen (secondary N) is 1. The average Bonchev–Trinajstić information content (AvgIpc) is 3.23. The third kappa shape index (κ3) is 3.58. The first-order valence-corrected chi connectivity index (χ1v) is 10.4. The minimum absolute atomic E-state index is 0.417. The fourth-order valence-corrected chi connectivity index (χ4v) is 4.00. The quantitative estimate of drug-likeness (QED) is 0.160. The lowest BCUT2D eigenvalue weighted by molar-refractivity contribution is 0.563. The molecule has 0 aliphatic carbocycles. The maximum atomic E-state index is 12.5. The third-order valence-corrected chi connectivity index (χ3v) is 5.66. The van der Waals surface area contributed by atoms with E-state index in [-0.39, 0.29) is 0 Å². The van der Waals surface area contributed by atoms with Crippen LogP contribution in [0.15, 0.2) is 86.4 Å². The van der Waals surface area contributed by atoms with Gasteiger partial charge in [0.05, 0.1) is 17.5 Å². The summed E-state index contributed by atoms with van der Waals surface area (Å²) in [6, 6.07) is 20.9. The second kappa shape index (κ2) is 7.74. The zero-order valence-electron chi connectivity index (χ0n) is 15.5. The van der Waals surface area contributed by atoms with Gasteiger partial charge in [-0.2, -0.15) is 5.10 Å². The van der Waals surface area contributed by atoms with Crippen LogP contribution in [-0.2, 0) is 0 Å². The van der Waals surface area contributed by atoms with E-state index in [0.717, 1.165) is 21.7 Å². The predicted molar refractivity (Wildman–Crippen MR) is 124 cm³/mol. The van der Waals surface area contributed by atoms with E-state index >= 15 is 0 Å². The fraction of sp³-hybridized carbons (Fsp3) is 0.